The third-order valence-electron chi connectivity index (χ3n) is 4.96. The molecule has 29 heavy (non-hydrogen) atoms. The van der Waals surface area contributed by atoms with E-state index < -0.39 is 0 Å². The first-order chi connectivity index (χ1) is 13.9. The van der Waals surface area contributed by atoms with E-state index in [1.807, 2.05) is 31.2 Å². The number of aromatic nitrogens is 3. The standard InChI is InChI=1S/C21H21N5O3/c1-12-8-19(29-25-12)16-10-22-13(2)23-18(16)11-26(3)20(27)9-17-14-6-4-5-7-15(14)21(28)24-17/h4-8,10,17H,9,11H2,1-3H3,(H,24,28)/t17-/m0/s1. The Morgan fingerprint density at radius 2 is 2.03 bits per heavy atom. The molecule has 1 atom stereocenters. The van der Waals surface area contributed by atoms with Gasteiger partial charge in [-0.2, -0.15) is 0 Å². The van der Waals surface area contributed by atoms with Crippen molar-refractivity contribution in [1.82, 2.24) is 25.3 Å². The minimum atomic E-state index is -0.322. The lowest BCUT2D eigenvalue weighted by Gasteiger charge is -2.20. The number of rotatable bonds is 5. The number of nitrogens with zero attached hydrogens (tertiary/aromatic N) is 4. The van der Waals surface area contributed by atoms with E-state index in [2.05, 4.69) is 20.4 Å². The van der Waals surface area contributed by atoms with Crippen LogP contribution < -0.4 is 5.32 Å². The van der Waals surface area contributed by atoms with Gasteiger partial charge in [0.1, 0.15) is 5.82 Å². The average molecular weight is 391 g/mol. The van der Waals surface area contributed by atoms with Gasteiger partial charge >= 0.3 is 0 Å². The second-order valence-corrected chi connectivity index (χ2v) is 7.18. The first kappa shape index (κ1) is 18.8. The zero-order valence-electron chi connectivity index (χ0n) is 16.5. The molecule has 2 aromatic heterocycles. The fourth-order valence-corrected chi connectivity index (χ4v) is 3.46. The summed E-state index contributed by atoms with van der Waals surface area (Å²) < 4.78 is 5.35. The number of carbonyl (C=O) groups is 2. The van der Waals surface area contributed by atoms with Crippen LogP contribution in [0.25, 0.3) is 11.3 Å². The molecule has 8 heteroatoms. The SMILES string of the molecule is Cc1cc(-c2cnc(C)nc2CN(C)C(=O)C[C@@H]2NC(=O)c3ccccc32)on1. The molecule has 1 aliphatic heterocycles. The Morgan fingerprint density at radius 3 is 2.79 bits per heavy atom. The van der Waals surface area contributed by atoms with Gasteiger partial charge in [-0.05, 0) is 25.5 Å². The third-order valence-corrected chi connectivity index (χ3v) is 4.96. The molecular formula is C21H21N5O3. The van der Waals surface area contributed by atoms with Crippen LogP contribution in [0, 0.1) is 13.8 Å². The quantitative estimate of drug-likeness (QED) is 0.717. The van der Waals surface area contributed by atoms with Gasteiger partial charge in [0, 0.05) is 24.9 Å². The van der Waals surface area contributed by atoms with Crippen LogP contribution in [0.2, 0.25) is 0 Å². The third kappa shape index (κ3) is 3.73. The van der Waals surface area contributed by atoms with Gasteiger partial charge in [0.2, 0.25) is 5.91 Å². The van der Waals surface area contributed by atoms with Gasteiger partial charge in [0.15, 0.2) is 5.76 Å². The molecule has 0 spiro atoms. The van der Waals surface area contributed by atoms with Gasteiger partial charge in [-0.1, -0.05) is 23.4 Å². The fraction of sp³-hybridized carbons (Fsp3) is 0.286. The number of aryl methyl sites for hydroxylation is 2. The number of amides is 2. The van der Waals surface area contributed by atoms with Gasteiger partial charge in [-0.25, -0.2) is 9.97 Å². The van der Waals surface area contributed by atoms with E-state index in [1.165, 1.54) is 0 Å². The zero-order valence-corrected chi connectivity index (χ0v) is 16.5. The second kappa shape index (κ2) is 7.46. The van der Waals surface area contributed by atoms with Crippen molar-refractivity contribution in [1.29, 1.82) is 0 Å². The molecule has 0 fully saturated rings. The van der Waals surface area contributed by atoms with Gasteiger partial charge in [0.05, 0.1) is 36.0 Å². The number of nitrogens with one attached hydrogen (secondary N) is 1. The summed E-state index contributed by atoms with van der Waals surface area (Å²) in [7, 11) is 1.72. The second-order valence-electron chi connectivity index (χ2n) is 7.18. The Bertz CT molecular complexity index is 1090. The van der Waals surface area contributed by atoms with Crippen molar-refractivity contribution >= 4 is 11.8 Å². The molecule has 3 heterocycles. The summed E-state index contributed by atoms with van der Waals surface area (Å²) in [6, 6.07) is 8.83. The Labute approximate surface area is 167 Å². The number of carbonyl (C=O) groups excluding carboxylic acids is 2. The molecule has 0 bridgehead atoms. The van der Waals surface area contributed by atoms with E-state index in [0.29, 0.717) is 35.0 Å². The monoisotopic (exact) mass is 391 g/mol. The van der Waals surface area contributed by atoms with Crippen molar-refractivity contribution < 1.29 is 14.1 Å². The average Bonchev–Trinajstić information content (AvgIpc) is 3.26. The van der Waals surface area contributed by atoms with Crippen LogP contribution in [-0.4, -0.2) is 38.9 Å². The maximum absolute atomic E-state index is 12.9. The van der Waals surface area contributed by atoms with E-state index in [-0.39, 0.29) is 24.3 Å². The van der Waals surface area contributed by atoms with Gasteiger partial charge in [0.25, 0.3) is 5.91 Å². The summed E-state index contributed by atoms with van der Waals surface area (Å²) in [4.78, 5) is 35.3. The smallest absolute Gasteiger partial charge is 0.252 e. The Kier molecular flexibility index (Phi) is 4.84. The summed E-state index contributed by atoms with van der Waals surface area (Å²) in [5, 5.41) is 6.80. The molecule has 0 aliphatic carbocycles. The molecule has 1 N–H and O–H groups in total. The molecule has 148 valence electrons. The van der Waals surface area contributed by atoms with Crippen molar-refractivity contribution in [2.45, 2.75) is 32.9 Å². The molecule has 0 saturated carbocycles. The Morgan fingerprint density at radius 1 is 1.24 bits per heavy atom. The molecule has 2 amide bonds. The fourth-order valence-electron chi connectivity index (χ4n) is 3.46. The predicted octanol–water partition coefficient (Wildman–Crippen LogP) is 2.58. The topological polar surface area (TPSA) is 101 Å². The van der Waals surface area contributed by atoms with Gasteiger partial charge in [-0.3, -0.25) is 9.59 Å². The van der Waals surface area contributed by atoms with E-state index in [9.17, 15) is 9.59 Å². The molecule has 3 aromatic rings. The van der Waals surface area contributed by atoms with Crippen LogP contribution in [0.4, 0.5) is 0 Å². The molecular weight excluding hydrogens is 370 g/mol. The molecule has 8 nitrogen and oxygen atoms in total. The van der Waals surface area contributed by atoms with E-state index in [4.69, 9.17) is 4.52 Å². The molecule has 1 aromatic carbocycles. The first-order valence-corrected chi connectivity index (χ1v) is 9.32. The minimum Gasteiger partial charge on any atom is -0.356 e. The molecule has 0 radical (unpaired) electrons. The van der Waals surface area contributed by atoms with Crippen LogP contribution in [0.15, 0.2) is 41.1 Å². The van der Waals surface area contributed by atoms with Gasteiger partial charge in [-0.15, -0.1) is 0 Å². The Hall–Kier alpha value is -3.55. The van der Waals surface area contributed by atoms with Crippen molar-refractivity contribution in [2.75, 3.05) is 7.05 Å². The van der Waals surface area contributed by atoms with Crippen LogP contribution in [0.5, 0.6) is 0 Å². The summed E-state index contributed by atoms with van der Waals surface area (Å²) in [5.74, 6) is 0.937. The Balaban J connectivity index is 1.51. The summed E-state index contributed by atoms with van der Waals surface area (Å²) in [5.41, 5.74) is 3.62. The predicted molar refractivity (Wildman–Crippen MR) is 105 cm³/mol. The van der Waals surface area contributed by atoms with Crippen LogP contribution >= 0.6 is 0 Å². The largest absolute Gasteiger partial charge is 0.356 e. The lowest BCUT2D eigenvalue weighted by atomic mass is 10.0. The zero-order chi connectivity index (χ0) is 20.5. The summed E-state index contributed by atoms with van der Waals surface area (Å²) in [6.45, 7) is 3.93. The summed E-state index contributed by atoms with van der Waals surface area (Å²) >= 11 is 0. The van der Waals surface area contributed by atoms with E-state index in [1.54, 1.807) is 31.1 Å². The number of hydrogen-bond donors (Lipinski definition) is 1. The highest BCUT2D eigenvalue weighted by atomic mass is 16.5. The highest BCUT2D eigenvalue weighted by Gasteiger charge is 2.30. The first-order valence-electron chi connectivity index (χ1n) is 9.32. The van der Waals surface area contributed by atoms with Crippen LogP contribution in [0.3, 0.4) is 0 Å². The summed E-state index contributed by atoms with van der Waals surface area (Å²) in [6.07, 6.45) is 1.86. The van der Waals surface area contributed by atoms with Crippen LogP contribution in [0.1, 0.15) is 45.6 Å². The van der Waals surface area contributed by atoms with Crippen LogP contribution in [-0.2, 0) is 11.3 Å². The lowest BCUT2D eigenvalue weighted by Crippen LogP contribution is -2.31. The highest BCUT2D eigenvalue weighted by Crippen LogP contribution is 2.28. The lowest BCUT2D eigenvalue weighted by molar-refractivity contribution is -0.130. The number of fused-ring (bicyclic) bond motifs is 1. The molecule has 0 unspecified atom stereocenters. The maximum Gasteiger partial charge on any atom is 0.252 e. The van der Waals surface area contributed by atoms with Crippen molar-refractivity contribution in [3.8, 4) is 11.3 Å². The normalized spacial score (nSPS) is 15.1. The van der Waals surface area contributed by atoms with Crippen molar-refractivity contribution in [3.05, 3.63) is 64.9 Å². The van der Waals surface area contributed by atoms with Gasteiger partial charge < -0.3 is 14.7 Å². The van der Waals surface area contributed by atoms with Crippen molar-refractivity contribution in [3.63, 3.8) is 0 Å². The maximum atomic E-state index is 12.9. The minimum absolute atomic E-state index is 0.0945. The molecule has 1 aliphatic rings. The molecule has 0 saturated heterocycles. The number of benzene rings is 1. The molecule has 4 rings (SSSR count). The highest BCUT2D eigenvalue weighted by molar-refractivity contribution is 5.99. The van der Waals surface area contributed by atoms with E-state index in [0.717, 1.165) is 11.3 Å². The number of hydrogen-bond acceptors (Lipinski definition) is 6. The van der Waals surface area contributed by atoms with E-state index >= 15 is 0 Å². The van der Waals surface area contributed by atoms with Crippen molar-refractivity contribution in [2.24, 2.45) is 0 Å².